The van der Waals surface area contributed by atoms with Crippen LogP contribution in [0.15, 0.2) is 0 Å². The Morgan fingerprint density at radius 1 is 0.325 bits per heavy atom. The minimum absolute atomic E-state index is 0.103. The number of aliphatic hydroxyl groups is 1. The zero-order chi connectivity index (χ0) is 61.3. The fraction of sp³-hybridized carbons (Fsp3) is 0.938. The first-order valence-electron chi connectivity index (χ1n) is 33.6. The molecule has 0 aliphatic heterocycles. The highest BCUT2D eigenvalue weighted by molar-refractivity contribution is 7.47. The molecule has 0 aliphatic rings. The van der Waals surface area contributed by atoms with Crippen molar-refractivity contribution >= 4 is 39.5 Å². The van der Waals surface area contributed by atoms with Gasteiger partial charge in [0.2, 0.25) is 0 Å². The molecule has 0 rings (SSSR count). The van der Waals surface area contributed by atoms with Crippen LogP contribution >= 0.6 is 15.6 Å². The normalized spacial score (nSPS) is 14.2. The molecule has 2 unspecified atom stereocenters. The van der Waals surface area contributed by atoms with E-state index in [0.29, 0.717) is 31.6 Å². The Balaban J connectivity index is 5.00. The van der Waals surface area contributed by atoms with Crippen LogP contribution in [0.4, 0.5) is 0 Å². The van der Waals surface area contributed by atoms with Gasteiger partial charge in [0.1, 0.15) is 19.3 Å². The van der Waals surface area contributed by atoms with E-state index < -0.39 is 97.5 Å². The molecule has 0 aromatic rings. The van der Waals surface area contributed by atoms with E-state index in [-0.39, 0.29) is 25.7 Å². The van der Waals surface area contributed by atoms with Crippen LogP contribution in [-0.2, 0) is 65.4 Å². The van der Waals surface area contributed by atoms with E-state index in [0.717, 1.165) is 116 Å². The Labute approximate surface area is 505 Å². The Morgan fingerprint density at radius 3 is 0.819 bits per heavy atom. The number of rotatable bonds is 64. The number of phosphoric acid groups is 2. The summed E-state index contributed by atoms with van der Waals surface area (Å²) in [6.07, 6.45) is 42.7. The summed E-state index contributed by atoms with van der Waals surface area (Å²) in [4.78, 5) is 71.7. The molecule has 0 fully saturated rings. The van der Waals surface area contributed by atoms with Crippen molar-refractivity contribution < 1.29 is 80.2 Å². The minimum Gasteiger partial charge on any atom is -0.462 e. The second-order valence-electron chi connectivity index (χ2n) is 23.6. The SMILES string of the molecule is CCCCCCCCCCCCCCCCCCCCCCCCC(=O)O[C@H](COC(=O)CCCCCCCCC(C)C)COP(=O)(O)OC[C@@H](O)COP(=O)(O)OC[C@@H](COC(=O)CCCCCCC)OC(=O)CCCCCCCCC. The third kappa shape index (κ3) is 58.8. The Bertz CT molecular complexity index is 1620. The molecule has 0 aliphatic carbocycles. The number of carbonyl (C=O) groups is 4. The average molecular weight is 1230 g/mol. The minimum atomic E-state index is -4.94. The van der Waals surface area contributed by atoms with Gasteiger partial charge in [-0.25, -0.2) is 9.13 Å². The molecule has 17 nitrogen and oxygen atoms in total. The average Bonchev–Trinajstić information content (AvgIpc) is 3.45. The van der Waals surface area contributed by atoms with Crippen molar-refractivity contribution in [1.82, 2.24) is 0 Å². The molecule has 83 heavy (non-hydrogen) atoms. The predicted octanol–water partition coefficient (Wildman–Crippen LogP) is 17.8. The van der Waals surface area contributed by atoms with Gasteiger partial charge in [-0.3, -0.25) is 37.3 Å². The molecular weight excluding hydrogens is 1100 g/mol. The lowest BCUT2D eigenvalue weighted by Gasteiger charge is -2.21. The van der Waals surface area contributed by atoms with E-state index in [1.807, 2.05) is 0 Å². The lowest BCUT2D eigenvalue weighted by molar-refractivity contribution is -0.161. The van der Waals surface area contributed by atoms with Gasteiger partial charge in [0.25, 0.3) is 0 Å². The maximum atomic E-state index is 13.0. The Kier molecular flexibility index (Phi) is 56.4. The molecule has 5 atom stereocenters. The summed E-state index contributed by atoms with van der Waals surface area (Å²) in [5.41, 5.74) is 0. The molecule has 0 spiro atoms. The molecule has 0 saturated carbocycles. The molecule has 0 radical (unpaired) electrons. The van der Waals surface area contributed by atoms with Crippen molar-refractivity contribution in [3.05, 3.63) is 0 Å². The second-order valence-corrected chi connectivity index (χ2v) is 26.5. The van der Waals surface area contributed by atoms with Crippen molar-refractivity contribution in [3.63, 3.8) is 0 Å². The third-order valence-electron chi connectivity index (χ3n) is 14.8. The van der Waals surface area contributed by atoms with Crippen LogP contribution in [0, 0.1) is 5.92 Å². The summed E-state index contributed by atoms with van der Waals surface area (Å²) >= 11 is 0. The fourth-order valence-electron chi connectivity index (χ4n) is 9.58. The number of carbonyl (C=O) groups excluding carboxylic acids is 4. The fourth-order valence-corrected chi connectivity index (χ4v) is 11.2. The van der Waals surface area contributed by atoms with Crippen LogP contribution in [0.1, 0.15) is 324 Å². The summed E-state index contributed by atoms with van der Waals surface area (Å²) < 4.78 is 67.6. The molecule has 3 N–H and O–H groups in total. The van der Waals surface area contributed by atoms with Gasteiger partial charge in [0.15, 0.2) is 12.2 Å². The molecule has 492 valence electrons. The van der Waals surface area contributed by atoms with Gasteiger partial charge in [0, 0.05) is 25.7 Å². The highest BCUT2D eigenvalue weighted by Gasteiger charge is 2.30. The van der Waals surface area contributed by atoms with Crippen molar-refractivity contribution in [2.45, 2.75) is 342 Å². The smallest absolute Gasteiger partial charge is 0.462 e. The zero-order valence-corrected chi connectivity index (χ0v) is 55.1. The van der Waals surface area contributed by atoms with Gasteiger partial charge < -0.3 is 33.8 Å². The van der Waals surface area contributed by atoms with E-state index in [1.54, 1.807) is 0 Å². The van der Waals surface area contributed by atoms with E-state index in [2.05, 4.69) is 34.6 Å². The standard InChI is InChI=1S/C64H124O17P2/c1-6-9-12-15-17-18-19-20-21-22-23-24-25-26-27-28-29-30-31-33-40-45-50-64(69)81-60(54-75-62(67)48-43-38-35-34-37-41-46-57(4)5)56-79-83(72,73)77-52-58(65)51-76-82(70,71)78-55-59(53-74-61(66)47-42-36-14-11-8-3)80-63(68)49-44-39-32-16-13-10-7-2/h57-60,65H,6-56H2,1-5H3,(H,70,71)(H,72,73)/t58-,59+,60+/m0/s1. The molecule has 0 heterocycles. The lowest BCUT2D eigenvalue weighted by atomic mass is 10.0. The molecular formula is C64H124O17P2. The summed E-state index contributed by atoms with van der Waals surface area (Å²) in [5, 5.41) is 10.5. The second kappa shape index (κ2) is 57.8. The third-order valence-corrected chi connectivity index (χ3v) is 16.7. The number of hydrogen-bond donors (Lipinski definition) is 3. The van der Waals surface area contributed by atoms with Crippen LogP contribution in [0.25, 0.3) is 0 Å². The monoisotopic (exact) mass is 1230 g/mol. The predicted molar refractivity (Wildman–Crippen MR) is 331 cm³/mol. The number of unbranched alkanes of at least 4 members (excludes halogenated alkanes) is 36. The van der Waals surface area contributed by atoms with Crippen molar-refractivity contribution in [2.24, 2.45) is 5.92 Å². The summed E-state index contributed by atoms with van der Waals surface area (Å²) in [7, 11) is -9.87. The zero-order valence-electron chi connectivity index (χ0n) is 53.3. The van der Waals surface area contributed by atoms with E-state index in [1.165, 1.54) is 122 Å². The number of hydrogen-bond acceptors (Lipinski definition) is 15. The van der Waals surface area contributed by atoms with Gasteiger partial charge in [-0.05, 0) is 31.6 Å². The summed E-state index contributed by atoms with van der Waals surface area (Å²) in [6.45, 7) is 6.97. The first-order chi connectivity index (χ1) is 40.0. The first-order valence-corrected chi connectivity index (χ1v) is 36.6. The number of esters is 4. The van der Waals surface area contributed by atoms with Crippen molar-refractivity contribution in [1.29, 1.82) is 0 Å². The quantitative estimate of drug-likeness (QED) is 0.0222. The number of aliphatic hydroxyl groups excluding tert-OH is 1. The largest absolute Gasteiger partial charge is 0.472 e. The Hall–Kier alpha value is -1.94. The van der Waals surface area contributed by atoms with Gasteiger partial charge in [-0.15, -0.1) is 0 Å². The molecule has 0 aromatic carbocycles. The maximum Gasteiger partial charge on any atom is 0.472 e. The summed E-state index contributed by atoms with van der Waals surface area (Å²) in [6, 6.07) is 0. The molecule has 0 bridgehead atoms. The Morgan fingerprint density at radius 2 is 0.554 bits per heavy atom. The van der Waals surface area contributed by atoms with Crippen molar-refractivity contribution in [2.75, 3.05) is 39.6 Å². The van der Waals surface area contributed by atoms with Crippen LogP contribution in [0.5, 0.6) is 0 Å². The summed E-state index contributed by atoms with van der Waals surface area (Å²) in [5.74, 6) is -1.47. The van der Waals surface area contributed by atoms with Crippen LogP contribution in [-0.4, -0.2) is 96.7 Å². The van der Waals surface area contributed by atoms with E-state index in [4.69, 9.17) is 37.0 Å². The topological polar surface area (TPSA) is 237 Å². The van der Waals surface area contributed by atoms with Crippen LogP contribution in [0.3, 0.4) is 0 Å². The number of phosphoric ester groups is 2. The molecule has 0 saturated heterocycles. The molecule has 0 aromatic heterocycles. The highest BCUT2D eigenvalue weighted by atomic mass is 31.2. The van der Waals surface area contributed by atoms with Gasteiger partial charge in [-0.2, -0.15) is 0 Å². The van der Waals surface area contributed by atoms with Crippen LogP contribution in [0.2, 0.25) is 0 Å². The van der Waals surface area contributed by atoms with Gasteiger partial charge in [0.05, 0.1) is 26.4 Å². The van der Waals surface area contributed by atoms with Gasteiger partial charge in [-0.1, -0.05) is 272 Å². The van der Waals surface area contributed by atoms with Crippen molar-refractivity contribution in [3.8, 4) is 0 Å². The van der Waals surface area contributed by atoms with Gasteiger partial charge >= 0.3 is 39.5 Å². The molecule has 19 heteroatoms. The maximum absolute atomic E-state index is 13.0. The molecule has 0 amide bonds. The van der Waals surface area contributed by atoms with Crippen LogP contribution < -0.4 is 0 Å². The lowest BCUT2D eigenvalue weighted by Crippen LogP contribution is -2.30. The van der Waals surface area contributed by atoms with E-state index >= 15 is 0 Å². The van der Waals surface area contributed by atoms with E-state index in [9.17, 15) is 43.2 Å². The highest BCUT2D eigenvalue weighted by Crippen LogP contribution is 2.45. The first kappa shape index (κ1) is 81.1. The number of ether oxygens (including phenoxy) is 4.